The van der Waals surface area contributed by atoms with E-state index >= 15 is 0 Å². The van der Waals surface area contributed by atoms with Gasteiger partial charge in [0, 0.05) is 30.6 Å². The molecule has 1 atom stereocenters. The second kappa shape index (κ2) is 8.56. The number of nitro groups is 1. The molecule has 132 valence electrons. The monoisotopic (exact) mass is 398 g/mol. The number of hydrogen-bond acceptors (Lipinski definition) is 4. The fraction of sp³-hybridized carbons (Fsp3) is 0.235. The molecule has 0 aromatic heterocycles. The normalized spacial score (nSPS) is 11.8. The first-order chi connectivity index (χ1) is 11.8. The summed E-state index contributed by atoms with van der Waals surface area (Å²) in [7, 11) is 1.70. The van der Waals surface area contributed by atoms with Crippen LogP contribution in [0.5, 0.6) is 0 Å². The van der Waals surface area contributed by atoms with E-state index in [-0.39, 0.29) is 16.8 Å². The Hall–Kier alpha value is -1.76. The molecule has 0 bridgehead atoms. The minimum absolute atomic E-state index is 0.0241. The Kier molecular flexibility index (Phi) is 6.70. The zero-order valence-electron chi connectivity index (χ0n) is 13.6. The van der Waals surface area contributed by atoms with E-state index in [1.54, 1.807) is 43.1 Å². The first kappa shape index (κ1) is 19.6. The van der Waals surface area contributed by atoms with Gasteiger partial charge in [-0.2, -0.15) is 0 Å². The van der Waals surface area contributed by atoms with Crippen LogP contribution >= 0.6 is 35.0 Å². The summed E-state index contributed by atoms with van der Waals surface area (Å²) >= 11 is 13.5. The number of carbonyl (C=O) groups excluding carboxylic acids is 1. The van der Waals surface area contributed by atoms with E-state index in [1.165, 1.54) is 23.9 Å². The molecule has 0 unspecified atom stereocenters. The summed E-state index contributed by atoms with van der Waals surface area (Å²) in [5.41, 5.74) is 0.800. The van der Waals surface area contributed by atoms with Crippen LogP contribution in [0, 0.1) is 10.1 Å². The third kappa shape index (κ3) is 5.11. The van der Waals surface area contributed by atoms with Gasteiger partial charge in [-0.1, -0.05) is 35.3 Å². The number of benzene rings is 2. The highest BCUT2D eigenvalue weighted by Gasteiger charge is 2.20. The number of rotatable bonds is 6. The van der Waals surface area contributed by atoms with E-state index < -0.39 is 4.92 Å². The van der Waals surface area contributed by atoms with Gasteiger partial charge in [0.2, 0.25) is 5.91 Å². The van der Waals surface area contributed by atoms with Gasteiger partial charge in [-0.05, 0) is 30.7 Å². The van der Waals surface area contributed by atoms with Gasteiger partial charge < -0.3 is 4.90 Å². The Bertz CT molecular complexity index is 784. The van der Waals surface area contributed by atoms with Crippen molar-refractivity contribution < 1.29 is 9.72 Å². The summed E-state index contributed by atoms with van der Waals surface area (Å²) in [5.74, 6) is -0.0700. The summed E-state index contributed by atoms with van der Waals surface area (Å²) in [6.07, 6.45) is 0. The van der Waals surface area contributed by atoms with E-state index in [0.717, 1.165) is 10.5 Å². The molecule has 0 spiro atoms. The number of amides is 1. The molecule has 0 aliphatic rings. The summed E-state index contributed by atoms with van der Waals surface area (Å²) < 4.78 is 0. The second-order valence-electron chi connectivity index (χ2n) is 5.42. The molecule has 0 radical (unpaired) electrons. The van der Waals surface area contributed by atoms with Crippen molar-refractivity contribution in [3.05, 3.63) is 68.2 Å². The van der Waals surface area contributed by atoms with Gasteiger partial charge in [0.1, 0.15) is 0 Å². The summed E-state index contributed by atoms with van der Waals surface area (Å²) in [6, 6.07) is 11.4. The van der Waals surface area contributed by atoms with Crippen LogP contribution in [0.25, 0.3) is 0 Å². The first-order valence-electron chi connectivity index (χ1n) is 7.38. The lowest BCUT2D eigenvalue weighted by molar-refractivity contribution is -0.384. The van der Waals surface area contributed by atoms with Crippen LogP contribution in [-0.4, -0.2) is 28.0 Å². The van der Waals surface area contributed by atoms with E-state index in [0.29, 0.717) is 16.6 Å². The van der Waals surface area contributed by atoms with Crippen molar-refractivity contribution in [2.24, 2.45) is 0 Å². The number of carbonyl (C=O) groups is 1. The summed E-state index contributed by atoms with van der Waals surface area (Å²) in [4.78, 5) is 25.1. The Labute approximate surface area is 160 Å². The smallest absolute Gasteiger partial charge is 0.269 e. The average molecular weight is 399 g/mol. The molecular weight excluding hydrogens is 383 g/mol. The van der Waals surface area contributed by atoms with E-state index in [2.05, 4.69) is 0 Å². The molecule has 8 heteroatoms. The van der Waals surface area contributed by atoms with E-state index in [9.17, 15) is 14.9 Å². The van der Waals surface area contributed by atoms with Gasteiger partial charge >= 0.3 is 0 Å². The highest BCUT2D eigenvalue weighted by molar-refractivity contribution is 8.00. The third-order valence-electron chi connectivity index (χ3n) is 3.52. The molecule has 25 heavy (non-hydrogen) atoms. The molecule has 0 saturated heterocycles. The van der Waals surface area contributed by atoms with Crippen LogP contribution < -0.4 is 0 Å². The van der Waals surface area contributed by atoms with Crippen LogP contribution in [0.4, 0.5) is 5.69 Å². The second-order valence-corrected chi connectivity index (χ2v) is 7.62. The fourth-order valence-corrected chi connectivity index (χ4v) is 3.58. The highest BCUT2D eigenvalue weighted by Crippen LogP contribution is 2.29. The Balaban J connectivity index is 2.01. The number of non-ortho nitro benzene ring substituents is 1. The topological polar surface area (TPSA) is 63.5 Å². The number of thioether (sulfide) groups is 1. The maximum atomic E-state index is 12.5. The maximum absolute atomic E-state index is 12.5. The Morgan fingerprint density at radius 1 is 1.24 bits per heavy atom. The van der Waals surface area contributed by atoms with Crippen molar-refractivity contribution in [1.82, 2.24) is 4.90 Å². The summed E-state index contributed by atoms with van der Waals surface area (Å²) in [5, 5.41) is 11.2. The Morgan fingerprint density at radius 2 is 1.88 bits per heavy atom. The van der Waals surface area contributed by atoms with Crippen molar-refractivity contribution >= 4 is 46.6 Å². The largest absolute Gasteiger partial charge is 0.340 e. The molecule has 2 aromatic carbocycles. The molecule has 1 amide bonds. The number of nitrogens with zero attached hydrogens (tertiary/aromatic N) is 2. The first-order valence-corrected chi connectivity index (χ1v) is 9.02. The average Bonchev–Trinajstić information content (AvgIpc) is 2.58. The minimum atomic E-state index is -0.453. The lowest BCUT2D eigenvalue weighted by atomic mass is 10.2. The van der Waals surface area contributed by atoms with Gasteiger partial charge in [0.05, 0.1) is 20.2 Å². The predicted molar refractivity (Wildman–Crippen MR) is 101 cm³/mol. The number of halogens is 2. The molecule has 0 N–H and O–H groups in total. The van der Waals surface area contributed by atoms with Gasteiger partial charge in [-0.15, -0.1) is 11.8 Å². The summed E-state index contributed by atoms with van der Waals surface area (Å²) in [6.45, 7) is 2.15. The molecule has 2 rings (SSSR count). The molecule has 0 aliphatic carbocycles. The number of nitro benzene ring substituents is 1. The maximum Gasteiger partial charge on any atom is 0.269 e. The van der Waals surface area contributed by atoms with Crippen LogP contribution in [0.1, 0.15) is 12.5 Å². The molecule has 0 saturated carbocycles. The van der Waals surface area contributed by atoms with Gasteiger partial charge in [-0.25, -0.2) is 0 Å². The SMILES string of the molecule is C[C@@H](Sc1ccc([N+](=O)[O-])cc1)C(=O)N(C)Cc1cccc(Cl)c1Cl. The minimum Gasteiger partial charge on any atom is -0.340 e. The van der Waals surface area contributed by atoms with Crippen LogP contribution in [-0.2, 0) is 11.3 Å². The van der Waals surface area contributed by atoms with Crippen molar-refractivity contribution in [2.75, 3.05) is 7.05 Å². The van der Waals surface area contributed by atoms with Crippen molar-refractivity contribution in [3.63, 3.8) is 0 Å². The zero-order valence-corrected chi connectivity index (χ0v) is 15.9. The zero-order chi connectivity index (χ0) is 18.6. The standard InChI is InChI=1S/C17H16Cl2N2O3S/c1-11(25-14-8-6-13(7-9-14)21(23)24)17(22)20(2)10-12-4-3-5-15(18)16(12)19/h3-9,11H,10H2,1-2H3/t11-/m1/s1. The lowest BCUT2D eigenvalue weighted by Gasteiger charge is -2.22. The molecule has 0 fully saturated rings. The quantitative estimate of drug-likeness (QED) is 0.388. The van der Waals surface area contributed by atoms with Crippen LogP contribution in [0.2, 0.25) is 10.0 Å². The molecule has 0 aliphatic heterocycles. The highest BCUT2D eigenvalue weighted by atomic mass is 35.5. The van der Waals surface area contributed by atoms with Crippen LogP contribution in [0.3, 0.4) is 0 Å². The van der Waals surface area contributed by atoms with Gasteiger partial charge in [-0.3, -0.25) is 14.9 Å². The lowest BCUT2D eigenvalue weighted by Crippen LogP contribution is -2.32. The van der Waals surface area contributed by atoms with E-state index in [1.807, 2.05) is 6.07 Å². The molecule has 0 heterocycles. The van der Waals surface area contributed by atoms with Crippen molar-refractivity contribution in [2.45, 2.75) is 23.6 Å². The van der Waals surface area contributed by atoms with Crippen molar-refractivity contribution in [1.29, 1.82) is 0 Å². The molecule has 2 aromatic rings. The third-order valence-corrected chi connectivity index (χ3v) is 5.48. The molecule has 5 nitrogen and oxygen atoms in total. The Morgan fingerprint density at radius 3 is 2.48 bits per heavy atom. The van der Waals surface area contributed by atoms with E-state index in [4.69, 9.17) is 23.2 Å². The van der Waals surface area contributed by atoms with Crippen molar-refractivity contribution in [3.8, 4) is 0 Å². The predicted octanol–water partition coefficient (Wildman–Crippen LogP) is 5.04. The van der Waals surface area contributed by atoms with Gasteiger partial charge in [0.15, 0.2) is 0 Å². The number of hydrogen-bond donors (Lipinski definition) is 0. The molecular formula is C17H16Cl2N2O3S. The van der Waals surface area contributed by atoms with Gasteiger partial charge in [0.25, 0.3) is 5.69 Å². The van der Waals surface area contributed by atoms with Crippen LogP contribution in [0.15, 0.2) is 47.4 Å². The fourth-order valence-electron chi connectivity index (χ4n) is 2.22.